The Bertz CT molecular complexity index is 1000. The molecule has 1 saturated carbocycles. The number of aromatic nitrogens is 2. The highest BCUT2D eigenvalue weighted by molar-refractivity contribution is 6.05. The van der Waals surface area contributed by atoms with E-state index in [4.69, 9.17) is 0 Å². The van der Waals surface area contributed by atoms with Crippen molar-refractivity contribution in [2.75, 3.05) is 11.9 Å². The normalized spacial score (nSPS) is 19.9. The highest BCUT2D eigenvalue weighted by Crippen LogP contribution is 2.23. The van der Waals surface area contributed by atoms with Crippen LogP contribution in [0.3, 0.4) is 0 Å². The number of nitrogens with one attached hydrogen (secondary N) is 2. The third-order valence-corrected chi connectivity index (χ3v) is 5.58. The van der Waals surface area contributed by atoms with Gasteiger partial charge in [0.1, 0.15) is 0 Å². The van der Waals surface area contributed by atoms with Crippen molar-refractivity contribution in [1.82, 2.24) is 15.3 Å². The fraction of sp³-hybridized carbons (Fsp3) is 0.348. The Labute approximate surface area is 175 Å². The predicted molar refractivity (Wildman–Crippen MR) is 115 cm³/mol. The molecule has 0 radical (unpaired) electrons. The topological polar surface area (TPSA) is 107 Å². The summed E-state index contributed by atoms with van der Waals surface area (Å²) in [6.45, 7) is -0.199. The molecule has 0 unspecified atom stereocenters. The molecule has 3 aromatic rings. The largest absolute Gasteiger partial charge is 0.394 e. The van der Waals surface area contributed by atoms with Gasteiger partial charge in [0, 0.05) is 17.6 Å². The summed E-state index contributed by atoms with van der Waals surface area (Å²) in [5, 5.41) is 26.5. The summed E-state index contributed by atoms with van der Waals surface area (Å²) in [5.74, 6) is 0.180. The van der Waals surface area contributed by atoms with E-state index in [1.807, 2.05) is 36.4 Å². The molecule has 4 rings (SSSR count). The van der Waals surface area contributed by atoms with E-state index >= 15 is 0 Å². The van der Waals surface area contributed by atoms with Crippen molar-refractivity contribution in [1.29, 1.82) is 0 Å². The van der Waals surface area contributed by atoms with E-state index in [0.717, 1.165) is 36.6 Å². The van der Waals surface area contributed by atoms with Gasteiger partial charge in [-0.1, -0.05) is 42.5 Å². The number of aliphatic hydroxyl groups excluding tert-OH is 2. The summed E-state index contributed by atoms with van der Waals surface area (Å²) in [5.41, 5.74) is 1.84. The third-order valence-electron chi connectivity index (χ3n) is 5.58. The highest BCUT2D eigenvalue weighted by Gasteiger charge is 2.21. The number of para-hydroxylation sites is 1. The summed E-state index contributed by atoms with van der Waals surface area (Å²) < 4.78 is 0. The molecule has 7 nitrogen and oxygen atoms in total. The Morgan fingerprint density at radius 2 is 1.83 bits per heavy atom. The Morgan fingerprint density at radius 3 is 2.57 bits per heavy atom. The summed E-state index contributed by atoms with van der Waals surface area (Å²) in [6, 6.07) is 14.5. The van der Waals surface area contributed by atoms with Crippen LogP contribution in [0.25, 0.3) is 10.9 Å². The standard InChI is InChI=1S/C23H26N4O3/c28-14-20(15-5-2-1-3-6-15)26-22(30)19-8-4-7-16-13-24-23(27-21(16)19)25-17-9-11-18(29)12-10-17/h1-8,13,17-18,20,28-29H,9-12,14H2,(H,26,30)(H,24,25,27)/t17-,18-,20-/m0/s1. The van der Waals surface area contributed by atoms with Crippen LogP contribution in [0.15, 0.2) is 54.7 Å². The maximum absolute atomic E-state index is 13.0. The van der Waals surface area contributed by atoms with E-state index in [0.29, 0.717) is 17.0 Å². The zero-order valence-corrected chi connectivity index (χ0v) is 16.7. The van der Waals surface area contributed by atoms with E-state index in [9.17, 15) is 15.0 Å². The molecule has 1 aliphatic rings. The average molecular weight is 406 g/mol. The van der Waals surface area contributed by atoms with E-state index in [-0.39, 0.29) is 24.7 Å². The number of carbonyl (C=O) groups is 1. The number of amides is 1. The number of nitrogens with zero attached hydrogens (tertiary/aromatic N) is 2. The summed E-state index contributed by atoms with van der Waals surface area (Å²) in [4.78, 5) is 22.0. The monoisotopic (exact) mass is 406 g/mol. The molecule has 0 bridgehead atoms. The van der Waals surface area contributed by atoms with Gasteiger partial charge in [0.05, 0.1) is 29.8 Å². The van der Waals surface area contributed by atoms with Gasteiger partial charge in [0.25, 0.3) is 5.91 Å². The molecule has 2 aromatic carbocycles. The van der Waals surface area contributed by atoms with Crippen molar-refractivity contribution in [2.45, 2.75) is 43.9 Å². The van der Waals surface area contributed by atoms with E-state index in [1.165, 1.54) is 0 Å². The van der Waals surface area contributed by atoms with Crippen LogP contribution in [0.5, 0.6) is 0 Å². The number of hydrogen-bond acceptors (Lipinski definition) is 6. The molecule has 4 N–H and O–H groups in total. The van der Waals surface area contributed by atoms with Crippen molar-refractivity contribution in [3.63, 3.8) is 0 Å². The number of benzene rings is 2. The van der Waals surface area contributed by atoms with Gasteiger partial charge in [0.2, 0.25) is 5.95 Å². The molecule has 156 valence electrons. The van der Waals surface area contributed by atoms with Crippen LogP contribution in [0.2, 0.25) is 0 Å². The van der Waals surface area contributed by atoms with Crippen LogP contribution in [-0.2, 0) is 0 Å². The number of aliphatic hydroxyl groups is 2. The van der Waals surface area contributed by atoms with E-state index in [2.05, 4.69) is 20.6 Å². The zero-order chi connectivity index (χ0) is 20.9. The number of rotatable bonds is 6. The number of fused-ring (bicyclic) bond motifs is 1. The second kappa shape index (κ2) is 9.19. The molecule has 1 heterocycles. The number of hydrogen-bond donors (Lipinski definition) is 4. The maximum Gasteiger partial charge on any atom is 0.254 e. The van der Waals surface area contributed by atoms with Crippen molar-refractivity contribution in [3.05, 3.63) is 65.9 Å². The van der Waals surface area contributed by atoms with Gasteiger partial charge in [-0.3, -0.25) is 4.79 Å². The Hall–Kier alpha value is -3.03. The van der Waals surface area contributed by atoms with Gasteiger partial charge < -0.3 is 20.8 Å². The molecular weight excluding hydrogens is 380 g/mol. The first-order chi connectivity index (χ1) is 14.6. The summed E-state index contributed by atoms with van der Waals surface area (Å²) in [6.07, 6.45) is 4.74. The summed E-state index contributed by atoms with van der Waals surface area (Å²) in [7, 11) is 0. The minimum absolute atomic E-state index is 0.199. The molecule has 0 aliphatic heterocycles. The number of carbonyl (C=O) groups excluding carboxylic acids is 1. The van der Waals surface area contributed by atoms with Crippen molar-refractivity contribution < 1.29 is 15.0 Å². The molecular formula is C23H26N4O3. The Balaban J connectivity index is 1.56. The third kappa shape index (κ3) is 4.58. The lowest BCUT2D eigenvalue weighted by Crippen LogP contribution is -2.31. The fourth-order valence-electron chi connectivity index (χ4n) is 3.87. The van der Waals surface area contributed by atoms with Gasteiger partial charge in [0.15, 0.2) is 0 Å². The Kier molecular flexibility index (Phi) is 6.21. The van der Waals surface area contributed by atoms with Crippen molar-refractivity contribution in [2.24, 2.45) is 0 Å². The van der Waals surface area contributed by atoms with Gasteiger partial charge in [-0.2, -0.15) is 0 Å². The Morgan fingerprint density at radius 1 is 1.07 bits per heavy atom. The molecule has 1 atom stereocenters. The van der Waals surface area contributed by atoms with Gasteiger partial charge in [-0.05, 0) is 37.3 Å². The lowest BCUT2D eigenvalue weighted by Gasteiger charge is -2.26. The quantitative estimate of drug-likeness (QED) is 0.501. The molecule has 1 aliphatic carbocycles. The summed E-state index contributed by atoms with van der Waals surface area (Å²) >= 11 is 0. The van der Waals surface area contributed by atoms with Crippen LogP contribution < -0.4 is 10.6 Å². The molecule has 1 amide bonds. The average Bonchev–Trinajstić information content (AvgIpc) is 2.79. The molecule has 0 spiro atoms. The molecule has 7 heteroatoms. The highest BCUT2D eigenvalue weighted by atomic mass is 16.3. The minimum Gasteiger partial charge on any atom is -0.394 e. The van der Waals surface area contributed by atoms with Crippen LogP contribution >= 0.6 is 0 Å². The van der Waals surface area contributed by atoms with Gasteiger partial charge in [-0.15, -0.1) is 0 Å². The second-order valence-electron chi connectivity index (χ2n) is 7.71. The second-order valence-corrected chi connectivity index (χ2v) is 7.71. The van der Waals surface area contributed by atoms with Crippen LogP contribution in [-0.4, -0.2) is 44.8 Å². The first kappa shape index (κ1) is 20.3. The predicted octanol–water partition coefficient (Wildman–Crippen LogP) is 2.81. The smallest absolute Gasteiger partial charge is 0.254 e. The fourth-order valence-corrected chi connectivity index (χ4v) is 3.87. The molecule has 30 heavy (non-hydrogen) atoms. The minimum atomic E-state index is -0.498. The zero-order valence-electron chi connectivity index (χ0n) is 16.7. The van der Waals surface area contributed by atoms with Gasteiger partial charge >= 0.3 is 0 Å². The van der Waals surface area contributed by atoms with Crippen molar-refractivity contribution in [3.8, 4) is 0 Å². The van der Waals surface area contributed by atoms with Crippen LogP contribution in [0.4, 0.5) is 5.95 Å². The lowest BCUT2D eigenvalue weighted by molar-refractivity contribution is 0.0917. The van der Waals surface area contributed by atoms with Crippen LogP contribution in [0, 0.1) is 0 Å². The van der Waals surface area contributed by atoms with Crippen molar-refractivity contribution >= 4 is 22.8 Å². The van der Waals surface area contributed by atoms with E-state index in [1.54, 1.807) is 18.3 Å². The molecule has 0 saturated heterocycles. The first-order valence-corrected chi connectivity index (χ1v) is 10.3. The van der Waals surface area contributed by atoms with Gasteiger partial charge in [-0.25, -0.2) is 9.97 Å². The first-order valence-electron chi connectivity index (χ1n) is 10.3. The molecule has 1 fully saturated rings. The maximum atomic E-state index is 13.0. The van der Waals surface area contributed by atoms with E-state index < -0.39 is 6.04 Å². The van der Waals surface area contributed by atoms with Crippen LogP contribution in [0.1, 0.15) is 47.6 Å². The number of anilines is 1. The lowest BCUT2D eigenvalue weighted by atomic mass is 9.93. The SMILES string of the molecule is O=C(N[C@@H](CO)c1ccccc1)c1cccc2cnc(N[C@H]3CC[C@H](O)CC3)nc12. The molecule has 1 aromatic heterocycles.